The zero-order valence-electron chi connectivity index (χ0n) is 77.2. The van der Waals surface area contributed by atoms with Crippen LogP contribution in [0.4, 0.5) is 0 Å². The van der Waals surface area contributed by atoms with E-state index in [1.165, 1.54) is 231 Å². The summed E-state index contributed by atoms with van der Waals surface area (Å²) in [5, 5.41) is 20.8. The van der Waals surface area contributed by atoms with Gasteiger partial charge in [0, 0.05) is 19.3 Å². The molecular formula is C103H180O16P2. The third kappa shape index (κ3) is 95.9. The number of aliphatic hydroxyl groups excluding tert-OH is 2. The number of unbranched alkanes of at least 4 members (excludes halogenated alkanes) is 46. The largest absolute Gasteiger partial charge is 0.472 e. The minimum atomic E-state index is -4.95. The number of rotatable bonds is 93. The molecule has 698 valence electrons. The number of aliphatic hydroxyl groups is 2. The molecule has 0 fully saturated rings. The lowest BCUT2D eigenvalue weighted by molar-refractivity contribution is -0.161. The molecule has 0 spiro atoms. The molecule has 0 heterocycles. The van der Waals surface area contributed by atoms with Crippen molar-refractivity contribution in [2.45, 2.75) is 450 Å². The first-order chi connectivity index (χ1) is 59.2. The molecule has 0 aromatic carbocycles. The van der Waals surface area contributed by atoms with E-state index in [4.69, 9.17) is 32.3 Å². The highest BCUT2D eigenvalue weighted by atomic mass is 31.2. The molecule has 0 rings (SSSR count). The zero-order chi connectivity index (χ0) is 87.9. The Morgan fingerprint density at radius 3 is 0.653 bits per heavy atom. The summed E-state index contributed by atoms with van der Waals surface area (Å²) < 4.78 is 61.6. The summed E-state index contributed by atoms with van der Waals surface area (Å²) in [6, 6.07) is 0. The lowest BCUT2D eigenvalue weighted by atomic mass is 10.0. The molecular weight excluding hydrogens is 1560 g/mol. The van der Waals surface area contributed by atoms with Gasteiger partial charge in [0.2, 0.25) is 0 Å². The molecule has 16 nitrogen and oxygen atoms in total. The molecule has 0 aliphatic carbocycles. The predicted molar refractivity (Wildman–Crippen MR) is 509 cm³/mol. The lowest BCUT2D eigenvalue weighted by Crippen LogP contribution is -2.30. The van der Waals surface area contributed by atoms with Crippen molar-refractivity contribution in [1.29, 1.82) is 0 Å². The minimum absolute atomic E-state index is 0.0952. The van der Waals surface area contributed by atoms with Crippen molar-refractivity contribution >= 4 is 33.6 Å². The van der Waals surface area contributed by atoms with E-state index in [1.54, 1.807) is 0 Å². The van der Waals surface area contributed by atoms with Gasteiger partial charge in [-0.05, 0) is 154 Å². The Balaban J connectivity index is 4.62. The number of hydrogen-bond acceptors (Lipinski definition) is 14. The average Bonchev–Trinajstić information content (AvgIpc) is 0.894. The maximum atomic E-state index is 13.1. The van der Waals surface area contributed by atoms with Crippen LogP contribution in [0.1, 0.15) is 432 Å². The molecule has 0 aromatic heterocycles. The molecule has 0 saturated carbocycles. The van der Waals surface area contributed by atoms with Gasteiger partial charge in [0.25, 0.3) is 0 Å². The Hall–Kier alpha value is -4.57. The number of hydrogen-bond donors (Lipinski definition) is 4. The van der Waals surface area contributed by atoms with E-state index < -0.39 is 91.5 Å². The normalized spacial score (nSPS) is 14.3. The number of carbonyl (C=O) groups is 3. The monoisotopic (exact) mass is 1740 g/mol. The number of ether oxygens (including phenoxy) is 3. The van der Waals surface area contributed by atoms with E-state index in [2.05, 4.69) is 167 Å². The summed E-state index contributed by atoms with van der Waals surface area (Å²) in [6.45, 7) is 2.66. The van der Waals surface area contributed by atoms with Gasteiger partial charge in [0.1, 0.15) is 25.4 Å². The predicted octanol–water partition coefficient (Wildman–Crippen LogP) is 30.7. The van der Waals surface area contributed by atoms with Gasteiger partial charge in [-0.25, -0.2) is 9.13 Å². The summed E-state index contributed by atoms with van der Waals surface area (Å²) in [7, 11) is -9.81. The quantitative estimate of drug-likeness (QED) is 0.0146. The minimum Gasteiger partial charge on any atom is -0.463 e. The van der Waals surface area contributed by atoms with Crippen molar-refractivity contribution in [2.24, 2.45) is 0 Å². The van der Waals surface area contributed by atoms with Gasteiger partial charge < -0.3 is 34.2 Å². The van der Waals surface area contributed by atoms with E-state index in [9.17, 15) is 43.5 Å². The molecule has 121 heavy (non-hydrogen) atoms. The van der Waals surface area contributed by atoms with Crippen molar-refractivity contribution in [3.63, 3.8) is 0 Å². The second kappa shape index (κ2) is 94.6. The SMILES string of the molecule is CCCCC/C=C\C/C=C\C/C=C\C/C=C\CCCCCCCCCCCCCCCCCC(=O)OCC(O)COP(=O)(O)OCC(O)COP(=O)(O)OCC(COC(=O)CCCCCCCCCCCCCCC/C=C\C/C=C\C/C=C\C/C=C\CCCCC)OC(=O)CCCCCCCCCCC/C=C\C/C=C\C/C=C\C/C=C\CCCCC. The maximum Gasteiger partial charge on any atom is 0.472 e. The number of carbonyl (C=O) groups excluding carboxylic acids is 3. The van der Waals surface area contributed by atoms with E-state index in [-0.39, 0.29) is 19.3 Å². The van der Waals surface area contributed by atoms with Crippen LogP contribution in [0.15, 0.2) is 146 Å². The van der Waals surface area contributed by atoms with E-state index in [1.807, 2.05) is 0 Å². The van der Waals surface area contributed by atoms with Crippen LogP contribution >= 0.6 is 15.6 Å². The van der Waals surface area contributed by atoms with Crippen LogP contribution in [0.25, 0.3) is 0 Å². The Morgan fingerprint density at radius 2 is 0.413 bits per heavy atom. The van der Waals surface area contributed by atoms with Gasteiger partial charge >= 0.3 is 33.6 Å². The van der Waals surface area contributed by atoms with Crippen LogP contribution in [0, 0.1) is 0 Å². The van der Waals surface area contributed by atoms with Crippen LogP contribution in [-0.2, 0) is 55.8 Å². The van der Waals surface area contributed by atoms with E-state index >= 15 is 0 Å². The van der Waals surface area contributed by atoms with Gasteiger partial charge in [-0.15, -0.1) is 0 Å². The number of phosphoric acid groups is 2. The molecule has 5 atom stereocenters. The fourth-order valence-corrected chi connectivity index (χ4v) is 15.1. The van der Waals surface area contributed by atoms with Gasteiger partial charge in [0.15, 0.2) is 6.10 Å². The van der Waals surface area contributed by atoms with Crippen LogP contribution in [0.5, 0.6) is 0 Å². The standard InChI is InChI=1S/C103H180O16P2/c1-4-7-10-13-16-19-22-25-28-31-34-37-40-43-45-47-48-50-52-54-56-59-62-65-68-71-74-77-80-83-86-89-101(106)113-92-98(104)93-115-120(109,110)116-94-99(105)95-117-121(111,112)118-97-100(119-103(108)91-88-85-82-79-76-73-70-67-64-61-58-53-42-39-36-33-30-27-24-21-18-15-12-9-6-3)96-114-102(107)90-87-84-81-78-75-72-69-66-63-60-57-55-51-49-46-44-41-38-35-32-29-26-23-20-17-14-11-8-5-2/h16-21,25-30,34-39,43-46,53,58,98-100,104-105H,4-15,22-24,31-33,40-42,47-52,54-57,59-97H2,1-3H3,(H,109,110)(H,111,112)/b19-16-,20-17-,21-18-,28-25-,29-26-,30-27-,37-34-,38-35-,39-36-,45-43-,46-44-,58-53-. The first-order valence-corrected chi connectivity index (χ1v) is 52.1. The first kappa shape index (κ1) is 116. The Kier molecular flexibility index (Phi) is 91.0. The van der Waals surface area contributed by atoms with Crippen LogP contribution < -0.4 is 0 Å². The zero-order valence-corrected chi connectivity index (χ0v) is 79.0. The van der Waals surface area contributed by atoms with Crippen molar-refractivity contribution < 1.29 is 75.8 Å². The fraction of sp³-hybridized carbons (Fsp3) is 0.738. The number of esters is 3. The Bertz CT molecular complexity index is 2780. The van der Waals surface area contributed by atoms with Crippen LogP contribution in [-0.4, -0.2) is 95.9 Å². The van der Waals surface area contributed by atoms with Crippen LogP contribution in [0.3, 0.4) is 0 Å². The topological polar surface area (TPSA) is 231 Å². The molecule has 0 aliphatic rings. The summed E-state index contributed by atoms with van der Waals surface area (Å²) >= 11 is 0. The van der Waals surface area contributed by atoms with E-state index in [0.717, 1.165) is 141 Å². The highest BCUT2D eigenvalue weighted by Crippen LogP contribution is 2.45. The van der Waals surface area contributed by atoms with E-state index in [0.29, 0.717) is 19.3 Å². The summed E-state index contributed by atoms with van der Waals surface area (Å²) in [6.07, 6.45) is 120. The van der Waals surface area contributed by atoms with Gasteiger partial charge in [-0.3, -0.25) is 32.5 Å². The summed E-state index contributed by atoms with van der Waals surface area (Å²) in [5.41, 5.74) is 0. The molecule has 0 bridgehead atoms. The highest BCUT2D eigenvalue weighted by Gasteiger charge is 2.30. The molecule has 5 unspecified atom stereocenters. The second-order valence-corrected chi connectivity index (χ2v) is 35.8. The molecule has 0 aliphatic heterocycles. The lowest BCUT2D eigenvalue weighted by Gasteiger charge is -2.21. The Labute approximate surface area is 740 Å². The smallest absolute Gasteiger partial charge is 0.463 e. The summed E-state index contributed by atoms with van der Waals surface area (Å²) in [5.74, 6) is -1.57. The van der Waals surface area contributed by atoms with Gasteiger partial charge in [-0.1, -0.05) is 404 Å². The fourth-order valence-electron chi connectivity index (χ4n) is 13.5. The highest BCUT2D eigenvalue weighted by molar-refractivity contribution is 7.47. The second-order valence-electron chi connectivity index (χ2n) is 32.9. The average molecular weight is 1740 g/mol. The Morgan fingerprint density at radius 1 is 0.231 bits per heavy atom. The van der Waals surface area contributed by atoms with Crippen molar-refractivity contribution in [1.82, 2.24) is 0 Å². The summed E-state index contributed by atoms with van der Waals surface area (Å²) in [4.78, 5) is 59.1. The molecule has 0 radical (unpaired) electrons. The third-order valence-electron chi connectivity index (χ3n) is 21.0. The first-order valence-electron chi connectivity index (χ1n) is 49.1. The molecule has 18 heteroatoms. The molecule has 0 aromatic rings. The van der Waals surface area contributed by atoms with Crippen molar-refractivity contribution in [3.8, 4) is 0 Å². The maximum absolute atomic E-state index is 13.1. The van der Waals surface area contributed by atoms with Gasteiger partial charge in [0.05, 0.1) is 26.4 Å². The molecule has 0 amide bonds. The number of allylic oxidation sites excluding steroid dienone is 24. The van der Waals surface area contributed by atoms with Crippen LogP contribution in [0.2, 0.25) is 0 Å². The van der Waals surface area contributed by atoms with Crippen molar-refractivity contribution in [3.05, 3.63) is 146 Å². The van der Waals surface area contributed by atoms with Gasteiger partial charge in [-0.2, -0.15) is 0 Å². The third-order valence-corrected chi connectivity index (χ3v) is 22.9. The van der Waals surface area contributed by atoms with Crippen molar-refractivity contribution in [2.75, 3.05) is 39.6 Å². The molecule has 0 saturated heterocycles. The molecule has 4 N–H and O–H groups in total. The number of phosphoric ester groups is 2.